The van der Waals surface area contributed by atoms with Crippen LogP contribution in [0.2, 0.25) is 0 Å². The van der Waals surface area contributed by atoms with Crippen molar-refractivity contribution in [3.05, 3.63) is 44.9 Å². The molecular formula is C20H25N3O2S. The van der Waals surface area contributed by atoms with Crippen LogP contribution in [0.4, 0.5) is 5.69 Å². The fraction of sp³-hybridized carbons (Fsp3) is 0.450. The lowest BCUT2D eigenvalue weighted by molar-refractivity contribution is -0.126. The zero-order valence-corrected chi connectivity index (χ0v) is 16.2. The first-order valence-corrected chi connectivity index (χ1v) is 9.95. The minimum atomic E-state index is -0.291. The molecule has 1 aliphatic rings. The molecule has 0 fully saturated rings. The Labute approximate surface area is 158 Å². The molecule has 138 valence electrons. The molecule has 0 saturated heterocycles. The maximum Gasteiger partial charge on any atom is 0.233 e. The van der Waals surface area contributed by atoms with Crippen molar-refractivity contribution in [2.75, 3.05) is 11.9 Å². The molecule has 1 heterocycles. The number of nitrogens with one attached hydrogen (secondary N) is 2. The first kappa shape index (κ1) is 18.6. The van der Waals surface area contributed by atoms with E-state index in [1.54, 1.807) is 11.3 Å². The molecule has 0 aliphatic heterocycles. The molecule has 0 bridgehead atoms. The highest BCUT2D eigenvalue weighted by Gasteiger charge is 2.15. The molecule has 6 heteroatoms. The van der Waals surface area contributed by atoms with Gasteiger partial charge in [-0.2, -0.15) is 0 Å². The molecule has 1 aliphatic carbocycles. The highest BCUT2D eigenvalue weighted by atomic mass is 32.1. The quantitative estimate of drug-likeness (QED) is 0.765. The molecule has 2 N–H and O–H groups in total. The summed E-state index contributed by atoms with van der Waals surface area (Å²) in [5.41, 5.74) is 4.14. The highest BCUT2D eigenvalue weighted by molar-refractivity contribution is 7.11. The Balaban J connectivity index is 1.43. The number of rotatable bonds is 6. The summed E-state index contributed by atoms with van der Waals surface area (Å²) in [6.45, 7) is 4.47. The number of thiazole rings is 1. The van der Waals surface area contributed by atoms with E-state index in [2.05, 4.69) is 15.6 Å². The standard InChI is InChI=1S/C20H25N3O2S/c1-13-6-5-8-15(14(13)2)22-19(25)12-18(24)21-11-10-20-23-16-7-3-4-9-17(16)26-20/h5-6,8H,3-4,7,9-12H2,1-2H3,(H,21,24)(H,22,25). The lowest BCUT2D eigenvalue weighted by Gasteiger charge is -2.10. The van der Waals surface area contributed by atoms with Crippen molar-refractivity contribution in [1.82, 2.24) is 10.3 Å². The number of aromatic nitrogens is 1. The molecular weight excluding hydrogens is 346 g/mol. The SMILES string of the molecule is Cc1cccc(NC(=O)CC(=O)NCCc2nc3c(s2)CCCC3)c1C. The molecule has 3 rings (SSSR count). The van der Waals surface area contributed by atoms with Crippen LogP contribution in [0, 0.1) is 13.8 Å². The first-order chi connectivity index (χ1) is 12.5. The summed E-state index contributed by atoms with van der Waals surface area (Å²) in [6, 6.07) is 5.74. The molecule has 5 nitrogen and oxygen atoms in total. The monoisotopic (exact) mass is 371 g/mol. The molecule has 0 radical (unpaired) electrons. The third-order valence-electron chi connectivity index (χ3n) is 4.75. The molecule has 0 unspecified atom stereocenters. The number of benzene rings is 1. The number of anilines is 1. The van der Waals surface area contributed by atoms with Crippen molar-refractivity contribution in [1.29, 1.82) is 0 Å². The third kappa shape index (κ3) is 4.69. The Bertz CT molecular complexity index is 790. The van der Waals surface area contributed by atoms with Gasteiger partial charge in [0.1, 0.15) is 6.42 Å². The summed E-state index contributed by atoms with van der Waals surface area (Å²) < 4.78 is 0. The molecule has 26 heavy (non-hydrogen) atoms. The Morgan fingerprint density at radius 1 is 1.15 bits per heavy atom. The minimum Gasteiger partial charge on any atom is -0.355 e. The number of nitrogens with zero attached hydrogens (tertiary/aromatic N) is 1. The number of aryl methyl sites for hydroxylation is 3. The summed E-state index contributed by atoms with van der Waals surface area (Å²) >= 11 is 1.76. The van der Waals surface area contributed by atoms with E-state index in [1.807, 2.05) is 32.0 Å². The third-order valence-corrected chi connectivity index (χ3v) is 5.97. The van der Waals surface area contributed by atoms with E-state index >= 15 is 0 Å². The van der Waals surface area contributed by atoms with Crippen LogP contribution >= 0.6 is 11.3 Å². The van der Waals surface area contributed by atoms with Gasteiger partial charge < -0.3 is 10.6 Å². The molecule has 1 aromatic carbocycles. The summed E-state index contributed by atoms with van der Waals surface area (Å²) in [7, 11) is 0. The van der Waals surface area contributed by atoms with Crippen molar-refractivity contribution >= 4 is 28.8 Å². The van der Waals surface area contributed by atoms with Crippen LogP contribution in [0.15, 0.2) is 18.2 Å². The fourth-order valence-electron chi connectivity index (χ4n) is 3.11. The van der Waals surface area contributed by atoms with E-state index in [1.165, 1.54) is 23.4 Å². The van der Waals surface area contributed by atoms with E-state index in [-0.39, 0.29) is 18.2 Å². The lowest BCUT2D eigenvalue weighted by Crippen LogP contribution is -2.29. The Morgan fingerprint density at radius 3 is 2.77 bits per heavy atom. The van der Waals surface area contributed by atoms with Gasteiger partial charge in [0, 0.05) is 23.5 Å². The Kier molecular flexibility index (Phi) is 6.04. The molecule has 1 aromatic heterocycles. The number of amides is 2. The second-order valence-electron chi connectivity index (χ2n) is 6.76. The van der Waals surface area contributed by atoms with Crippen molar-refractivity contribution < 1.29 is 9.59 Å². The van der Waals surface area contributed by atoms with Gasteiger partial charge in [0.15, 0.2) is 0 Å². The van der Waals surface area contributed by atoms with Crippen molar-refractivity contribution in [2.24, 2.45) is 0 Å². The van der Waals surface area contributed by atoms with E-state index < -0.39 is 0 Å². The maximum atomic E-state index is 12.1. The first-order valence-electron chi connectivity index (χ1n) is 9.13. The van der Waals surface area contributed by atoms with Gasteiger partial charge in [-0.15, -0.1) is 11.3 Å². The van der Waals surface area contributed by atoms with Gasteiger partial charge in [0.25, 0.3) is 0 Å². The van der Waals surface area contributed by atoms with Gasteiger partial charge in [-0.3, -0.25) is 9.59 Å². The Hall–Kier alpha value is -2.21. The summed E-state index contributed by atoms with van der Waals surface area (Å²) in [5.74, 6) is -0.546. The van der Waals surface area contributed by atoms with Crippen LogP contribution in [0.5, 0.6) is 0 Å². The maximum absolute atomic E-state index is 12.1. The van der Waals surface area contributed by atoms with Gasteiger partial charge in [-0.1, -0.05) is 12.1 Å². The van der Waals surface area contributed by atoms with Crippen LogP contribution < -0.4 is 10.6 Å². The van der Waals surface area contributed by atoms with Crippen LogP contribution in [0.25, 0.3) is 0 Å². The van der Waals surface area contributed by atoms with Gasteiger partial charge >= 0.3 is 0 Å². The smallest absolute Gasteiger partial charge is 0.233 e. The highest BCUT2D eigenvalue weighted by Crippen LogP contribution is 2.26. The Morgan fingerprint density at radius 2 is 1.96 bits per heavy atom. The predicted octanol–water partition coefficient (Wildman–Crippen LogP) is 3.33. The van der Waals surface area contributed by atoms with Crippen molar-refractivity contribution in [3.8, 4) is 0 Å². The summed E-state index contributed by atoms with van der Waals surface area (Å²) in [5, 5.41) is 6.71. The average molecular weight is 372 g/mol. The number of carbonyl (C=O) groups excluding carboxylic acids is 2. The normalized spacial score (nSPS) is 13.2. The molecule has 0 spiro atoms. The van der Waals surface area contributed by atoms with Gasteiger partial charge in [0.05, 0.1) is 10.7 Å². The van der Waals surface area contributed by atoms with E-state index in [0.717, 1.165) is 41.1 Å². The van der Waals surface area contributed by atoms with Crippen LogP contribution in [-0.2, 0) is 28.9 Å². The van der Waals surface area contributed by atoms with Gasteiger partial charge in [-0.05, 0) is 56.7 Å². The summed E-state index contributed by atoms with van der Waals surface area (Å²) in [4.78, 5) is 30.1. The van der Waals surface area contributed by atoms with Gasteiger partial charge in [-0.25, -0.2) is 4.98 Å². The molecule has 0 saturated carbocycles. The molecule has 2 aromatic rings. The van der Waals surface area contributed by atoms with Gasteiger partial charge in [0.2, 0.25) is 11.8 Å². The number of fused-ring (bicyclic) bond motifs is 1. The van der Waals surface area contributed by atoms with Crippen molar-refractivity contribution in [2.45, 2.75) is 52.4 Å². The van der Waals surface area contributed by atoms with E-state index in [0.29, 0.717) is 6.54 Å². The minimum absolute atomic E-state index is 0.165. The van der Waals surface area contributed by atoms with E-state index in [4.69, 9.17) is 0 Å². The summed E-state index contributed by atoms with van der Waals surface area (Å²) in [6.07, 6.45) is 5.25. The number of hydrogen-bond acceptors (Lipinski definition) is 4. The van der Waals surface area contributed by atoms with E-state index in [9.17, 15) is 9.59 Å². The fourth-order valence-corrected chi connectivity index (χ4v) is 4.27. The molecule has 2 amide bonds. The topological polar surface area (TPSA) is 71.1 Å². The van der Waals surface area contributed by atoms with Crippen LogP contribution in [0.3, 0.4) is 0 Å². The zero-order chi connectivity index (χ0) is 18.5. The predicted molar refractivity (Wildman–Crippen MR) is 105 cm³/mol. The van der Waals surface area contributed by atoms with Crippen LogP contribution in [0.1, 0.15) is 46.0 Å². The average Bonchev–Trinajstić information content (AvgIpc) is 3.01. The number of hydrogen-bond donors (Lipinski definition) is 2. The van der Waals surface area contributed by atoms with Crippen molar-refractivity contribution in [3.63, 3.8) is 0 Å². The zero-order valence-electron chi connectivity index (χ0n) is 15.4. The van der Waals surface area contributed by atoms with Crippen LogP contribution in [-0.4, -0.2) is 23.3 Å². The molecule has 0 atom stereocenters. The largest absolute Gasteiger partial charge is 0.355 e. The second kappa shape index (κ2) is 8.45. The lowest BCUT2D eigenvalue weighted by atomic mass is 10.0. The second-order valence-corrected chi connectivity index (χ2v) is 7.93. The number of carbonyl (C=O) groups is 2.